The van der Waals surface area contributed by atoms with Gasteiger partial charge in [0.15, 0.2) is 0 Å². The molecule has 2 atom stereocenters. The summed E-state index contributed by atoms with van der Waals surface area (Å²) >= 11 is 5.89. The van der Waals surface area contributed by atoms with Gasteiger partial charge in [0, 0.05) is 10.7 Å². The van der Waals surface area contributed by atoms with Crippen molar-refractivity contribution in [2.45, 2.75) is 6.04 Å². The summed E-state index contributed by atoms with van der Waals surface area (Å²) in [5, 5.41) is 8.28. The summed E-state index contributed by atoms with van der Waals surface area (Å²) in [5.74, 6) is -1.85. The Morgan fingerprint density at radius 1 is 1.16 bits per heavy atom. The third kappa shape index (κ3) is 3.64. The summed E-state index contributed by atoms with van der Waals surface area (Å²) in [7, 11) is 0. The number of carbonyl (C=O) groups is 2. The number of rotatable bonds is 3. The van der Waals surface area contributed by atoms with Gasteiger partial charge in [-0.15, -0.1) is 0 Å². The Bertz CT molecular complexity index is 838. The molecule has 0 aromatic heterocycles. The molecule has 3 N–H and O–H groups in total. The molecule has 1 aliphatic rings. The van der Waals surface area contributed by atoms with Crippen molar-refractivity contribution in [2.75, 3.05) is 5.32 Å². The molecule has 128 valence electrons. The summed E-state index contributed by atoms with van der Waals surface area (Å²) in [5.41, 5.74) is 0.985. The van der Waals surface area contributed by atoms with Crippen LogP contribution >= 0.6 is 11.6 Å². The number of hydrogen-bond acceptors (Lipinski definition) is 2. The van der Waals surface area contributed by atoms with Crippen LogP contribution in [0.2, 0.25) is 5.02 Å². The predicted molar refractivity (Wildman–Crippen MR) is 93.5 cm³/mol. The zero-order valence-corrected chi connectivity index (χ0v) is 13.8. The SMILES string of the molecule is C=C1NC(=O)N[C@H](c2ccc(Cl)cc2)[C@@H]1C(=O)Nc1ccccc1F. The van der Waals surface area contributed by atoms with Crippen LogP contribution in [-0.4, -0.2) is 11.9 Å². The number of urea groups is 1. The normalized spacial score (nSPS) is 19.8. The molecule has 0 aliphatic carbocycles. The van der Waals surface area contributed by atoms with E-state index in [2.05, 4.69) is 22.5 Å². The second-order valence-corrected chi connectivity index (χ2v) is 6.04. The molecule has 25 heavy (non-hydrogen) atoms. The molecule has 1 aliphatic heterocycles. The van der Waals surface area contributed by atoms with E-state index in [1.54, 1.807) is 30.3 Å². The van der Waals surface area contributed by atoms with Crippen LogP contribution in [0.4, 0.5) is 14.9 Å². The monoisotopic (exact) mass is 359 g/mol. The van der Waals surface area contributed by atoms with Gasteiger partial charge >= 0.3 is 6.03 Å². The molecule has 2 aromatic rings. The van der Waals surface area contributed by atoms with E-state index in [4.69, 9.17) is 11.6 Å². The highest BCUT2D eigenvalue weighted by Crippen LogP contribution is 2.31. The molecule has 7 heteroatoms. The average Bonchev–Trinajstić information content (AvgIpc) is 2.57. The number of hydrogen-bond donors (Lipinski definition) is 3. The van der Waals surface area contributed by atoms with E-state index in [0.29, 0.717) is 10.6 Å². The molecule has 0 bridgehead atoms. The molecule has 2 aromatic carbocycles. The summed E-state index contributed by atoms with van der Waals surface area (Å²) in [6.07, 6.45) is 0. The van der Waals surface area contributed by atoms with E-state index in [9.17, 15) is 14.0 Å². The van der Waals surface area contributed by atoms with Gasteiger partial charge in [-0.05, 0) is 29.8 Å². The van der Waals surface area contributed by atoms with Crippen LogP contribution in [0, 0.1) is 11.7 Å². The maximum Gasteiger partial charge on any atom is 0.319 e. The Balaban J connectivity index is 1.90. The lowest BCUT2D eigenvalue weighted by Gasteiger charge is -2.33. The van der Waals surface area contributed by atoms with Crippen molar-refractivity contribution in [1.82, 2.24) is 10.6 Å². The Hall–Kier alpha value is -2.86. The van der Waals surface area contributed by atoms with Crippen LogP contribution in [0.1, 0.15) is 11.6 Å². The maximum atomic E-state index is 13.8. The highest BCUT2D eigenvalue weighted by atomic mass is 35.5. The molecule has 0 unspecified atom stereocenters. The Labute approximate surface area is 148 Å². The predicted octanol–water partition coefficient (Wildman–Crippen LogP) is 3.60. The van der Waals surface area contributed by atoms with Gasteiger partial charge in [-0.2, -0.15) is 0 Å². The first-order chi connectivity index (χ1) is 12.0. The number of halogens is 2. The lowest BCUT2D eigenvalue weighted by Crippen LogP contribution is -2.51. The van der Waals surface area contributed by atoms with Gasteiger partial charge in [0.25, 0.3) is 0 Å². The second-order valence-electron chi connectivity index (χ2n) is 5.60. The zero-order chi connectivity index (χ0) is 18.0. The van der Waals surface area contributed by atoms with Crippen LogP contribution in [0.25, 0.3) is 0 Å². The summed E-state index contributed by atoms with van der Waals surface area (Å²) in [6.45, 7) is 3.77. The van der Waals surface area contributed by atoms with Gasteiger partial charge in [-0.3, -0.25) is 4.79 Å². The minimum atomic E-state index is -0.821. The topological polar surface area (TPSA) is 70.2 Å². The van der Waals surface area contributed by atoms with Gasteiger partial charge in [0.2, 0.25) is 5.91 Å². The minimum absolute atomic E-state index is 0.0621. The van der Waals surface area contributed by atoms with E-state index in [1.165, 1.54) is 18.2 Å². The second kappa shape index (κ2) is 6.94. The highest BCUT2D eigenvalue weighted by Gasteiger charge is 2.37. The summed E-state index contributed by atoms with van der Waals surface area (Å²) in [4.78, 5) is 24.5. The smallest absolute Gasteiger partial charge is 0.319 e. The fourth-order valence-electron chi connectivity index (χ4n) is 2.71. The lowest BCUT2D eigenvalue weighted by atomic mass is 9.88. The van der Waals surface area contributed by atoms with E-state index >= 15 is 0 Å². The van der Waals surface area contributed by atoms with Crippen LogP contribution < -0.4 is 16.0 Å². The Morgan fingerprint density at radius 3 is 2.52 bits per heavy atom. The largest absolute Gasteiger partial charge is 0.330 e. The zero-order valence-electron chi connectivity index (χ0n) is 13.1. The van der Waals surface area contributed by atoms with Crippen molar-refractivity contribution in [3.05, 3.63) is 77.2 Å². The molecule has 0 spiro atoms. The number of carbonyl (C=O) groups excluding carboxylic acids is 2. The first kappa shape index (κ1) is 17.0. The minimum Gasteiger partial charge on any atom is -0.330 e. The van der Waals surface area contributed by atoms with Crippen LogP contribution in [-0.2, 0) is 4.79 Å². The van der Waals surface area contributed by atoms with Crippen molar-refractivity contribution in [2.24, 2.45) is 5.92 Å². The van der Waals surface area contributed by atoms with Gasteiger partial charge in [-0.25, -0.2) is 9.18 Å². The van der Waals surface area contributed by atoms with Crippen LogP contribution in [0.5, 0.6) is 0 Å². The standard InChI is InChI=1S/C18H15ClFN3O2/c1-10-15(17(24)22-14-5-3-2-4-13(14)20)16(23-18(25)21-10)11-6-8-12(19)9-7-11/h2-9,15-16H,1H2,(H,22,24)(H2,21,23,25)/t15-,16-/m1/s1. The summed E-state index contributed by atoms with van der Waals surface area (Å²) in [6, 6.07) is 11.5. The third-order valence-corrected chi connectivity index (χ3v) is 4.16. The molecule has 3 rings (SSSR count). The molecule has 1 saturated heterocycles. The Kier molecular flexibility index (Phi) is 4.72. The van der Waals surface area contributed by atoms with E-state index < -0.39 is 29.7 Å². The van der Waals surface area contributed by atoms with Crippen molar-refractivity contribution in [3.63, 3.8) is 0 Å². The highest BCUT2D eigenvalue weighted by molar-refractivity contribution is 6.30. The molecule has 3 amide bonds. The van der Waals surface area contributed by atoms with E-state index in [-0.39, 0.29) is 11.4 Å². The molecule has 5 nitrogen and oxygen atoms in total. The molecule has 1 fully saturated rings. The molecule has 0 radical (unpaired) electrons. The fraction of sp³-hybridized carbons (Fsp3) is 0.111. The van der Waals surface area contributed by atoms with Crippen molar-refractivity contribution < 1.29 is 14.0 Å². The summed E-state index contributed by atoms with van der Waals surface area (Å²) < 4.78 is 13.8. The Morgan fingerprint density at radius 2 is 1.84 bits per heavy atom. The van der Waals surface area contributed by atoms with Crippen molar-refractivity contribution in [3.8, 4) is 0 Å². The number of nitrogens with one attached hydrogen (secondary N) is 3. The number of benzene rings is 2. The first-order valence-corrected chi connectivity index (χ1v) is 7.90. The van der Waals surface area contributed by atoms with Gasteiger partial charge in [0.1, 0.15) is 11.7 Å². The van der Waals surface area contributed by atoms with E-state index in [1.807, 2.05) is 0 Å². The molecular weight excluding hydrogens is 345 g/mol. The van der Waals surface area contributed by atoms with Crippen LogP contribution in [0.15, 0.2) is 60.8 Å². The van der Waals surface area contributed by atoms with Crippen molar-refractivity contribution in [1.29, 1.82) is 0 Å². The van der Waals surface area contributed by atoms with Crippen molar-refractivity contribution >= 4 is 29.2 Å². The third-order valence-electron chi connectivity index (χ3n) is 3.91. The maximum absolute atomic E-state index is 13.8. The fourth-order valence-corrected chi connectivity index (χ4v) is 2.84. The average molecular weight is 360 g/mol. The van der Waals surface area contributed by atoms with Gasteiger partial charge in [0.05, 0.1) is 11.7 Å². The van der Waals surface area contributed by atoms with Gasteiger partial charge in [-0.1, -0.05) is 42.4 Å². The molecular formula is C18H15ClFN3O2. The quantitative estimate of drug-likeness (QED) is 0.783. The number of anilines is 1. The lowest BCUT2D eigenvalue weighted by molar-refractivity contribution is -0.119. The molecule has 0 saturated carbocycles. The number of amides is 3. The van der Waals surface area contributed by atoms with E-state index in [0.717, 1.165) is 0 Å². The first-order valence-electron chi connectivity index (χ1n) is 7.53. The number of para-hydroxylation sites is 1. The van der Waals surface area contributed by atoms with Crippen LogP contribution in [0.3, 0.4) is 0 Å². The molecule has 1 heterocycles. The van der Waals surface area contributed by atoms with Gasteiger partial charge < -0.3 is 16.0 Å².